The maximum Gasteiger partial charge on any atom is 0.286 e. The number of nitrogens with zero attached hydrogens (tertiary/aromatic N) is 3. The molecule has 0 unspecified atom stereocenters. The highest BCUT2D eigenvalue weighted by atomic mass is 32.2. The maximum absolute atomic E-state index is 12.1. The summed E-state index contributed by atoms with van der Waals surface area (Å²) in [7, 11) is 0. The van der Waals surface area contributed by atoms with Crippen LogP contribution in [0, 0.1) is 0 Å². The predicted octanol–water partition coefficient (Wildman–Crippen LogP) is 3.45. The molecule has 3 aromatic rings. The number of hydrogen-bond donors (Lipinski definition) is 1. The molecule has 0 atom stereocenters. The number of carbonyl (C=O) groups is 1. The molecule has 4 rings (SSSR count). The average Bonchev–Trinajstić information content (AvgIpc) is 3.23. The minimum atomic E-state index is -0.234. The first-order chi connectivity index (χ1) is 11.8. The van der Waals surface area contributed by atoms with E-state index in [0.29, 0.717) is 16.6 Å². The highest BCUT2D eigenvalue weighted by molar-refractivity contribution is 8.18. The van der Waals surface area contributed by atoms with Crippen molar-refractivity contribution in [2.24, 2.45) is 4.99 Å². The summed E-state index contributed by atoms with van der Waals surface area (Å²) in [5, 5.41) is 5.84. The van der Waals surface area contributed by atoms with Crippen LogP contribution in [0.1, 0.15) is 10.6 Å². The lowest BCUT2D eigenvalue weighted by molar-refractivity contribution is -0.113. The molecule has 0 spiro atoms. The van der Waals surface area contributed by atoms with E-state index in [1.807, 2.05) is 41.8 Å². The minimum Gasteiger partial charge on any atom is -0.359 e. The Morgan fingerprint density at radius 2 is 2.08 bits per heavy atom. The number of hydrogen-bond acceptors (Lipinski definition) is 6. The smallest absolute Gasteiger partial charge is 0.286 e. The standard InChI is InChI=1S/C17H12N4OS2/c22-16-15(24-17(21-16)19-10-12-3-2-8-23-12)9-11-5-6-13-14(20-11)4-1-7-18-13/h1-9H,10H2,(H,19,21,22)/b15-9-. The summed E-state index contributed by atoms with van der Waals surface area (Å²) < 4.78 is 0. The lowest BCUT2D eigenvalue weighted by Crippen LogP contribution is -2.17. The Kier molecular flexibility index (Phi) is 4.10. The van der Waals surface area contributed by atoms with E-state index >= 15 is 0 Å². The molecular formula is C17H12N4OS2. The molecule has 1 aliphatic rings. The molecular weight excluding hydrogens is 340 g/mol. The Morgan fingerprint density at radius 3 is 2.96 bits per heavy atom. The van der Waals surface area contributed by atoms with Gasteiger partial charge in [0.05, 0.1) is 28.2 Å². The zero-order valence-corrected chi connectivity index (χ0v) is 14.1. The van der Waals surface area contributed by atoms with Crippen LogP contribution < -0.4 is 5.32 Å². The summed E-state index contributed by atoms with van der Waals surface area (Å²) in [6, 6.07) is 11.5. The molecule has 0 aromatic carbocycles. The molecule has 1 aliphatic heterocycles. The summed E-state index contributed by atoms with van der Waals surface area (Å²) >= 11 is 3.01. The van der Waals surface area contributed by atoms with Crippen LogP contribution in [-0.2, 0) is 11.3 Å². The second kappa shape index (κ2) is 6.54. The second-order valence-electron chi connectivity index (χ2n) is 5.04. The first-order valence-electron chi connectivity index (χ1n) is 7.28. The number of rotatable bonds is 3. The van der Waals surface area contributed by atoms with Gasteiger partial charge in [0.1, 0.15) is 0 Å². The maximum atomic E-state index is 12.1. The van der Waals surface area contributed by atoms with Gasteiger partial charge >= 0.3 is 0 Å². The molecule has 24 heavy (non-hydrogen) atoms. The van der Waals surface area contributed by atoms with E-state index in [1.54, 1.807) is 23.6 Å². The van der Waals surface area contributed by atoms with Crippen molar-refractivity contribution < 1.29 is 4.79 Å². The van der Waals surface area contributed by atoms with Gasteiger partial charge in [-0.05, 0) is 53.5 Å². The Labute approximate surface area is 146 Å². The SMILES string of the molecule is O=C1N=C(NCc2cccs2)S/C1=C\c1ccc2ncccc2n1. The number of fused-ring (bicyclic) bond motifs is 1. The molecule has 118 valence electrons. The number of aliphatic imine (C=N–C) groups is 1. The number of thiophene rings is 1. The molecule has 0 saturated heterocycles. The molecule has 0 aliphatic carbocycles. The number of amidine groups is 1. The highest BCUT2D eigenvalue weighted by Crippen LogP contribution is 2.27. The van der Waals surface area contributed by atoms with Crippen LogP contribution in [0.15, 0.2) is 57.9 Å². The van der Waals surface area contributed by atoms with Crippen LogP contribution >= 0.6 is 23.1 Å². The minimum absolute atomic E-state index is 0.234. The summed E-state index contributed by atoms with van der Waals surface area (Å²) in [5.74, 6) is -0.234. The van der Waals surface area contributed by atoms with Crippen molar-refractivity contribution in [3.8, 4) is 0 Å². The quantitative estimate of drug-likeness (QED) is 0.731. The number of thioether (sulfide) groups is 1. The van der Waals surface area contributed by atoms with Crippen LogP contribution in [0.25, 0.3) is 17.1 Å². The van der Waals surface area contributed by atoms with Crippen LogP contribution in [0.4, 0.5) is 0 Å². The third-order valence-electron chi connectivity index (χ3n) is 3.37. The van der Waals surface area contributed by atoms with Crippen molar-refractivity contribution >= 4 is 51.3 Å². The molecule has 1 amide bonds. The van der Waals surface area contributed by atoms with Gasteiger partial charge in [-0.2, -0.15) is 4.99 Å². The molecule has 0 fully saturated rings. The largest absolute Gasteiger partial charge is 0.359 e. The number of amides is 1. The van der Waals surface area contributed by atoms with Gasteiger partial charge < -0.3 is 5.32 Å². The first kappa shape index (κ1) is 15.0. The van der Waals surface area contributed by atoms with Gasteiger partial charge in [0, 0.05) is 11.1 Å². The zero-order chi connectivity index (χ0) is 16.4. The number of nitrogens with one attached hydrogen (secondary N) is 1. The fraction of sp³-hybridized carbons (Fsp3) is 0.0588. The topological polar surface area (TPSA) is 67.2 Å². The van der Waals surface area contributed by atoms with E-state index in [0.717, 1.165) is 16.7 Å². The predicted molar refractivity (Wildman–Crippen MR) is 98.7 cm³/mol. The van der Waals surface area contributed by atoms with E-state index in [9.17, 15) is 4.79 Å². The van der Waals surface area contributed by atoms with E-state index in [2.05, 4.69) is 20.3 Å². The van der Waals surface area contributed by atoms with Gasteiger partial charge in [-0.15, -0.1) is 11.3 Å². The average molecular weight is 352 g/mol. The van der Waals surface area contributed by atoms with Gasteiger partial charge in [0.25, 0.3) is 5.91 Å². The summed E-state index contributed by atoms with van der Waals surface area (Å²) in [6.07, 6.45) is 3.50. The fourth-order valence-electron chi connectivity index (χ4n) is 2.25. The second-order valence-corrected chi connectivity index (χ2v) is 7.11. The van der Waals surface area contributed by atoms with Crippen molar-refractivity contribution in [3.63, 3.8) is 0 Å². The third kappa shape index (κ3) is 3.22. The Morgan fingerprint density at radius 1 is 1.12 bits per heavy atom. The van der Waals surface area contributed by atoms with Crippen LogP contribution in [0.2, 0.25) is 0 Å². The third-order valence-corrected chi connectivity index (χ3v) is 5.19. The van der Waals surface area contributed by atoms with Crippen LogP contribution in [0.5, 0.6) is 0 Å². The lowest BCUT2D eigenvalue weighted by atomic mass is 10.2. The molecule has 7 heteroatoms. The molecule has 0 bridgehead atoms. The van der Waals surface area contributed by atoms with Crippen LogP contribution in [-0.4, -0.2) is 21.0 Å². The normalized spacial score (nSPS) is 15.9. The van der Waals surface area contributed by atoms with E-state index < -0.39 is 0 Å². The molecule has 1 N–H and O–H groups in total. The van der Waals surface area contributed by atoms with Crippen LogP contribution in [0.3, 0.4) is 0 Å². The summed E-state index contributed by atoms with van der Waals surface area (Å²) in [5.41, 5.74) is 2.36. The van der Waals surface area contributed by atoms with E-state index in [4.69, 9.17) is 0 Å². The van der Waals surface area contributed by atoms with Crippen molar-refractivity contribution in [2.75, 3.05) is 0 Å². The van der Waals surface area contributed by atoms with E-state index in [1.165, 1.54) is 16.6 Å². The van der Waals surface area contributed by atoms with Gasteiger partial charge in [0.2, 0.25) is 0 Å². The summed E-state index contributed by atoms with van der Waals surface area (Å²) in [6.45, 7) is 0.671. The van der Waals surface area contributed by atoms with Crippen molar-refractivity contribution in [1.29, 1.82) is 0 Å². The van der Waals surface area contributed by atoms with E-state index in [-0.39, 0.29) is 5.91 Å². The molecule has 3 aromatic heterocycles. The summed E-state index contributed by atoms with van der Waals surface area (Å²) in [4.78, 5) is 26.6. The van der Waals surface area contributed by atoms with Gasteiger partial charge in [0.15, 0.2) is 5.17 Å². The molecule has 0 saturated carbocycles. The molecule has 0 radical (unpaired) electrons. The van der Waals surface area contributed by atoms with Gasteiger partial charge in [-0.1, -0.05) is 6.07 Å². The van der Waals surface area contributed by atoms with Gasteiger partial charge in [-0.25, -0.2) is 4.98 Å². The molecule has 5 nitrogen and oxygen atoms in total. The van der Waals surface area contributed by atoms with Crippen molar-refractivity contribution in [2.45, 2.75) is 6.54 Å². The lowest BCUT2D eigenvalue weighted by Gasteiger charge is -2.02. The Hall–Kier alpha value is -2.51. The monoisotopic (exact) mass is 352 g/mol. The number of pyridine rings is 2. The number of carbonyl (C=O) groups excluding carboxylic acids is 1. The van der Waals surface area contributed by atoms with Gasteiger partial charge in [-0.3, -0.25) is 9.78 Å². The fourth-order valence-corrected chi connectivity index (χ4v) is 3.69. The number of aromatic nitrogens is 2. The highest BCUT2D eigenvalue weighted by Gasteiger charge is 2.21. The molecule has 4 heterocycles. The van der Waals surface area contributed by atoms with Crippen molar-refractivity contribution in [3.05, 3.63) is 63.5 Å². The first-order valence-corrected chi connectivity index (χ1v) is 8.98. The Balaban J connectivity index is 1.49. The Bertz CT molecular complexity index is 964. The van der Waals surface area contributed by atoms with Crippen molar-refractivity contribution in [1.82, 2.24) is 15.3 Å². The zero-order valence-electron chi connectivity index (χ0n) is 12.5.